The summed E-state index contributed by atoms with van der Waals surface area (Å²) in [5.74, 6) is -0.119. The number of carbonyl (C=O) groups excluding carboxylic acids is 1. The molecular formula is C10H12N2O. The largest absolute Gasteiger partial charge is 0.351 e. The van der Waals surface area contributed by atoms with Crippen molar-refractivity contribution in [2.75, 3.05) is 6.54 Å². The van der Waals surface area contributed by atoms with Gasteiger partial charge in [-0.15, -0.1) is 0 Å². The first-order valence-corrected chi connectivity index (χ1v) is 4.38. The van der Waals surface area contributed by atoms with Crippen molar-refractivity contribution in [3.05, 3.63) is 35.4 Å². The highest BCUT2D eigenvalue weighted by Gasteiger charge is 2.25. The number of carbonyl (C=O) groups is 1. The molecule has 68 valence electrons. The van der Waals surface area contributed by atoms with Gasteiger partial charge >= 0.3 is 0 Å². The van der Waals surface area contributed by atoms with Gasteiger partial charge in [0.25, 0.3) is 0 Å². The van der Waals surface area contributed by atoms with Crippen LogP contribution in [0, 0.1) is 0 Å². The van der Waals surface area contributed by atoms with Crippen molar-refractivity contribution in [3.8, 4) is 0 Å². The van der Waals surface area contributed by atoms with Crippen molar-refractivity contribution in [1.29, 1.82) is 0 Å². The van der Waals surface area contributed by atoms with Crippen molar-refractivity contribution < 1.29 is 4.79 Å². The number of fused-ring (bicyclic) bond motifs is 1. The van der Waals surface area contributed by atoms with Gasteiger partial charge in [0, 0.05) is 13.1 Å². The van der Waals surface area contributed by atoms with Gasteiger partial charge in [0.05, 0.1) is 5.92 Å². The van der Waals surface area contributed by atoms with Crippen molar-refractivity contribution >= 4 is 5.91 Å². The van der Waals surface area contributed by atoms with Crippen LogP contribution in [0.25, 0.3) is 0 Å². The van der Waals surface area contributed by atoms with E-state index in [0.29, 0.717) is 13.1 Å². The summed E-state index contributed by atoms with van der Waals surface area (Å²) in [6, 6.07) is 7.92. The molecule has 3 nitrogen and oxygen atoms in total. The van der Waals surface area contributed by atoms with Gasteiger partial charge in [-0.2, -0.15) is 0 Å². The fourth-order valence-electron chi connectivity index (χ4n) is 1.72. The van der Waals surface area contributed by atoms with Crippen LogP contribution < -0.4 is 11.1 Å². The molecule has 1 atom stereocenters. The SMILES string of the molecule is NCC1C(=O)NCc2ccccc21. The van der Waals surface area contributed by atoms with Crippen LogP contribution in [0.1, 0.15) is 17.0 Å². The Bertz CT molecular complexity index is 335. The summed E-state index contributed by atoms with van der Waals surface area (Å²) >= 11 is 0. The molecule has 0 saturated carbocycles. The highest BCUT2D eigenvalue weighted by atomic mass is 16.1. The Labute approximate surface area is 76.9 Å². The Morgan fingerprint density at radius 3 is 3.00 bits per heavy atom. The Balaban J connectivity index is 2.45. The van der Waals surface area contributed by atoms with Crippen LogP contribution in [0.3, 0.4) is 0 Å². The van der Waals surface area contributed by atoms with Crippen LogP contribution >= 0.6 is 0 Å². The lowest BCUT2D eigenvalue weighted by Crippen LogP contribution is -2.37. The summed E-state index contributed by atoms with van der Waals surface area (Å²) in [5.41, 5.74) is 7.80. The third-order valence-electron chi connectivity index (χ3n) is 2.44. The Kier molecular flexibility index (Phi) is 2.02. The number of nitrogens with one attached hydrogen (secondary N) is 1. The summed E-state index contributed by atoms with van der Waals surface area (Å²) in [5, 5.41) is 2.82. The van der Waals surface area contributed by atoms with E-state index in [1.165, 1.54) is 5.56 Å². The van der Waals surface area contributed by atoms with E-state index in [9.17, 15) is 4.79 Å². The van der Waals surface area contributed by atoms with Crippen molar-refractivity contribution in [2.24, 2.45) is 5.73 Å². The molecule has 1 aromatic carbocycles. The van der Waals surface area contributed by atoms with Gasteiger partial charge in [0.2, 0.25) is 5.91 Å². The molecule has 0 aromatic heterocycles. The minimum absolute atomic E-state index is 0.0428. The average molecular weight is 176 g/mol. The third-order valence-corrected chi connectivity index (χ3v) is 2.44. The molecule has 2 rings (SSSR count). The van der Waals surface area contributed by atoms with E-state index >= 15 is 0 Å². The lowest BCUT2D eigenvalue weighted by molar-refractivity contribution is -0.123. The van der Waals surface area contributed by atoms with Crippen LogP contribution in [0.15, 0.2) is 24.3 Å². The maximum absolute atomic E-state index is 11.4. The molecule has 0 spiro atoms. The van der Waals surface area contributed by atoms with Crippen LogP contribution in [0.2, 0.25) is 0 Å². The molecule has 13 heavy (non-hydrogen) atoms. The fraction of sp³-hybridized carbons (Fsp3) is 0.300. The van der Waals surface area contributed by atoms with E-state index in [4.69, 9.17) is 5.73 Å². The minimum Gasteiger partial charge on any atom is -0.351 e. The van der Waals surface area contributed by atoms with Crippen LogP contribution in [-0.4, -0.2) is 12.5 Å². The summed E-state index contributed by atoms with van der Waals surface area (Å²) in [6.07, 6.45) is 0. The van der Waals surface area contributed by atoms with Gasteiger partial charge in [-0.25, -0.2) is 0 Å². The summed E-state index contributed by atoms with van der Waals surface area (Å²) < 4.78 is 0. The van der Waals surface area contributed by atoms with Crippen molar-refractivity contribution in [1.82, 2.24) is 5.32 Å². The first kappa shape index (κ1) is 8.26. The van der Waals surface area contributed by atoms with E-state index in [1.807, 2.05) is 24.3 Å². The maximum atomic E-state index is 11.4. The quantitative estimate of drug-likeness (QED) is 0.649. The molecule has 1 heterocycles. The lowest BCUT2D eigenvalue weighted by atomic mass is 9.90. The van der Waals surface area contributed by atoms with E-state index in [2.05, 4.69) is 5.32 Å². The number of benzene rings is 1. The molecule has 0 aliphatic carbocycles. The first-order valence-electron chi connectivity index (χ1n) is 4.38. The predicted octanol–water partition coefficient (Wildman–Crippen LogP) is 0.359. The molecule has 3 heteroatoms. The maximum Gasteiger partial charge on any atom is 0.229 e. The fourth-order valence-corrected chi connectivity index (χ4v) is 1.72. The van der Waals surface area contributed by atoms with E-state index in [-0.39, 0.29) is 11.8 Å². The zero-order valence-corrected chi connectivity index (χ0v) is 7.29. The molecule has 1 aromatic rings. The van der Waals surface area contributed by atoms with E-state index < -0.39 is 0 Å². The Morgan fingerprint density at radius 2 is 2.23 bits per heavy atom. The second kappa shape index (κ2) is 3.18. The number of hydrogen-bond donors (Lipinski definition) is 2. The normalized spacial score (nSPS) is 20.7. The second-order valence-electron chi connectivity index (χ2n) is 3.20. The molecule has 1 amide bonds. The summed E-state index contributed by atoms with van der Waals surface area (Å²) in [4.78, 5) is 11.4. The monoisotopic (exact) mass is 176 g/mol. The standard InChI is InChI=1S/C10H12N2O/c11-5-9-8-4-2-1-3-7(8)6-12-10(9)13/h1-4,9H,5-6,11H2,(H,12,13). The van der Waals surface area contributed by atoms with Crippen molar-refractivity contribution in [3.63, 3.8) is 0 Å². The average Bonchev–Trinajstić information content (AvgIpc) is 2.18. The van der Waals surface area contributed by atoms with Gasteiger partial charge in [0.15, 0.2) is 0 Å². The number of rotatable bonds is 1. The molecule has 0 bridgehead atoms. The zero-order valence-electron chi connectivity index (χ0n) is 7.29. The van der Waals surface area contributed by atoms with Gasteiger partial charge in [-0.3, -0.25) is 4.79 Å². The number of amides is 1. The highest BCUT2D eigenvalue weighted by Crippen LogP contribution is 2.23. The third kappa shape index (κ3) is 1.31. The molecular weight excluding hydrogens is 164 g/mol. The summed E-state index contributed by atoms with van der Waals surface area (Å²) in [6.45, 7) is 1.01. The second-order valence-corrected chi connectivity index (χ2v) is 3.20. The minimum atomic E-state index is -0.162. The van der Waals surface area contributed by atoms with Gasteiger partial charge in [0.1, 0.15) is 0 Å². The van der Waals surface area contributed by atoms with Crippen LogP contribution in [0.5, 0.6) is 0 Å². The smallest absolute Gasteiger partial charge is 0.229 e. The van der Waals surface area contributed by atoms with Crippen LogP contribution in [0.4, 0.5) is 0 Å². The number of hydrogen-bond acceptors (Lipinski definition) is 2. The van der Waals surface area contributed by atoms with Crippen LogP contribution in [-0.2, 0) is 11.3 Å². The Morgan fingerprint density at radius 1 is 1.46 bits per heavy atom. The topological polar surface area (TPSA) is 55.1 Å². The molecule has 0 fully saturated rings. The highest BCUT2D eigenvalue weighted by molar-refractivity contribution is 5.85. The molecule has 0 radical (unpaired) electrons. The molecule has 1 aliphatic rings. The first-order chi connectivity index (χ1) is 6.33. The van der Waals surface area contributed by atoms with E-state index in [0.717, 1.165) is 5.56 Å². The predicted molar refractivity (Wildman–Crippen MR) is 50.1 cm³/mol. The number of nitrogens with two attached hydrogens (primary N) is 1. The molecule has 1 aliphatic heterocycles. The zero-order chi connectivity index (χ0) is 9.26. The lowest BCUT2D eigenvalue weighted by Gasteiger charge is -2.23. The van der Waals surface area contributed by atoms with Gasteiger partial charge < -0.3 is 11.1 Å². The van der Waals surface area contributed by atoms with Gasteiger partial charge in [-0.05, 0) is 11.1 Å². The van der Waals surface area contributed by atoms with Gasteiger partial charge in [-0.1, -0.05) is 24.3 Å². The summed E-state index contributed by atoms with van der Waals surface area (Å²) in [7, 11) is 0. The van der Waals surface area contributed by atoms with Crippen molar-refractivity contribution in [2.45, 2.75) is 12.5 Å². The molecule has 0 saturated heterocycles. The van der Waals surface area contributed by atoms with E-state index in [1.54, 1.807) is 0 Å². The molecule has 1 unspecified atom stereocenters. The Hall–Kier alpha value is -1.35. The molecule has 3 N–H and O–H groups in total.